The van der Waals surface area contributed by atoms with Gasteiger partial charge >= 0.3 is 6.09 Å². The van der Waals surface area contributed by atoms with Crippen LogP contribution < -0.4 is 0 Å². The van der Waals surface area contributed by atoms with Crippen LogP contribution in [-0.4, -0.2) is 40.8 Å². The van der Waals surface area contributed by atoms with Gasteiger partial charge in [0, 0.05) is 6.54 Å². The standard InChI is InChI=1S/C16H23NO4/c1-12-14(21-16(2,3)20-12)17(15(18)19)11-7-10-13-8-5-4-6-9-13/h4-6,8-9,12,14H,7,10-11H2,1-3H3,(H,18,19)/t12-,14-/m0/s1. The zero-order valence-corrected chi connectivity index (χ0v) is 12.8. The quantitative estimate of drug-likeness (QED) is 0.906. The van der Waals surface area contributed by atoms with Gasteiger partial charge in [-0.15, -0.1) is 0 Å². The number of benzene rings is 1. The smallest absolute Gasteiger partial charge is 0.409 e. The first kappa shape index (κ1) is 15.8. The highest BCUT2D eigenvalue weighted by molar-refractivity contribution is 5.65. The highest BCUT2D eigenvalue weighted by Crippen LogP contribution is 2.30. The average molecular weight is 293 g/mol. The second-order valence-electron chi connectivity index (χ2n) is 5.80. The highest BCUT2D eigenvalue weighted by atomic mass is 16.8. The van der Waals surface area contributed by atoms with Crippen molar-refractivity contribution in [2.24, 2.45) is 0 Å². The van der Waals surface area contributed by atoms with E-state index in [1.165, 1.54) is 10.5 Å². The lowest BCUT2D eigenvalue weighted by Crippen LogP contribution is -2.45. The molecule has 1 aliphatic heterocycles. The minimum absolute atomic E-state index is 0.271. The Balaban J connectivity index is 1.92. The van der Waals surface area contributed by atoms with Crippen LogP contribution in [0, 0.1) is 0 Å². The molecular weight excluding hydrogens is 270 g/mol. The number of carbonyl (C=O) groups is 1. The van der Waals surface area contributed by atoms with E-state index in [1.54, 1.807) is 13.8 Å². The lowest BCUT2D eigenvalue weighted by Gasteiger charge is -2.27. The lowest BCUT2D eigenvalue weighted by molar-refractivity contribution is -0.158. The van der Waals surface area contributed by atoms with Crippen LogP contribution >= 0.6 is 0 Å². The van der Waals surface area contributed by atoms with Crippen LogP contribution in [0.2, 0.25) is 0 Å². The molecule has 1 aromatic rings. The summed E-state index contributed by atoms with van der Waals surface area (Å²) in [5.74, 6) is -0.739. The van der Waals surface area contributed by atoms with Gasteiger partial charge in [-0.1, -0.05) is 30.3 Å². The van der Waals surface area contributed by atoms with Crippen LogP contribution in [0.4, 0.5) is 4.79 Å². The zero-order valence-electron chi connectivity index (χ0n) is 12.8. The number of aryl methyl sites for hydroxylation is 1. The maximum Gasteiger partial charge on any atom is 0.409 e. The van der Waals surface area contributed by atoms with E-state index in [2.05, 4.69) is 0 Å². The molecule has 1 heterocycles. The molecule has 0 aromatic heterocycles. The van der Waals surface area contributed by atoms with Crippen LogP contribution in [0.15, 0.2) is 30.3 Å². The molecule has 1 aromatic carbocycles. The second kappa shape index (κ2) is 6.45. The number of amides is 1. The summed E-state index contributed by atoms with van der Waals surface area (Å²) in [5.41, 5.74) is 1.21. The molecule has 1 fully saturated rings. The van der Waals surface area contributed by atoms with E-state index in [0.29, 0.717) is 6.54 Å². The van der Waals surface area contributed by atoms with Gasteiger partial charge in [0.25, 0.3) is 0 Å². The molecule has 2 rings (SSSR count). The summed E-state index contributed by atoms with van der Waals surface area (Å²) in [5, 5.41) is 9.41. The van der Waals surface area contributed by atoms with Crippen molar-refractivity contribution in [3.63, 3.8) is 0 Å². The summed E-state index contributed by atoms with van der Waals surface area (Å²) in [6.45, 7) is 5.87. The summed E-state index contributed by atoms with van der Waals surface area (Å²) >= 11 is 0. The third kappa shape index (κ3) is 4.19. The van der Waals surface area contributed by atoms with Gasteiger partial charge in [-0.25, -0.2) is 4.79 Å². The van der Waals surface area contributed by atoms with Gasteiger partial charge in [0.15, 0.2) is 12.0 Å². The van der Waals surface area contributed by atoms with E-state index in [0.717, 1.165) is 12.8 Å². The minimum Gasteiger partial charge on any atom is -0.465 e. The van der Waals surface area contributed by atoms with E-state index in [9.17, 15) is 9.90 Å². The van der Waals surface area contributed by atoms with Gasteiger partial charge in [-0.05, 0) is 39.2 Å². The van der Waals surface area contributed by atoms with Crippen molar-refractivity contribution in [2.75, 3.05) is 6.54 Å². The Kier molecular flexibility index (Phi) is 4.85. The topological polar surface area (TPSA) is 59.0 Å². The number of nitrogens with zero attached hydrogens (tertiary/aromatic N) is 1. The summed E-state index contributed by atoms with van der Waals surface area (Å²) in [4.78, 5) is 12.8. The van der Waals surface area contributed by atoms with Crippen LogP contribution in [0.25, 0.3) is 0 Å². The van der Waals surface area contributed by atoms with Gasteiger partial charge in [0.05, 0.1) is 0 Å². The lowest BCUT2D eigenvalue weighted by atomic mass is 10.1. The summed E-state index contributed by atoms with van der Waals surface area (Å²) in [7, 11) is 0. The van der Waals surface area contributed by atoms with Crippen LogP contribution in [0.3, 0.4) is 0 Å². The molecule has 0 unspecified atom stereocenters. The Hall–Kier alpha value is -1.59. The minimum atomic E-state index is -0.971. The van der Waals surface area contributed by atoms with Crippen molar-refractivity contribution in [1.82, 2.24) is 4.90 Å². The molecule has 0 bridgehead atoms. The van der Waals surface area contributed by atoms with E-state index in [-0.39, 0.29) is 6.10 Å². The zero-order chi connectivity index (χ0) is 15.5. The maximum absolute atomic E-state index is 11.5. The van der Waals surface area contributed by atoms with Crippen LogP contribution in [0.5, 0.6) is 0 Å². The Bertz CT molecular complexity index is 474. The van der Waals surface area contributed by atoms with Crippen molar-refractivity contribution in [2.45, 2.75) is 51.7 Å². The first-order valence-corrected chi connectivity index (χ1v) is 7.28. The van der Waals surface area contributed by atoms with E-state index in [1.807, 2.05) is 37.3 Å². The van der Waals surface area contributed by atoms with Crippen molar-refractivity contribution in [3.05, 3.63) is 35.9 Å². The largest absolute Gasteiger partial charge is 0.465 e. The highest BCUT2D eigenvalue weighted by Gasteiger charge is 2.43. The summed E-state index contributed by atoms with van der Waals surface area (Å²) < 4.78 is 11.3. The Morgan fingerprint density at radius 2 is 1.95 bits per heavy atom. The molecule has 1 saturated heterocycles. The molecule has 116 valence electrons. The first-order valence-electron chi connectivity index (χ1n) is 7.28. The molecule has 1 N–H and O–H groups in total. The van der Waals surface area contributed by atoms with E-state index in [4.69, 9.17) is 9.47 Å². The summed E-state index contributed by atoms with van der Waals surface area (Å²) in [6.07, 6.45) is -0.193. The number of hydrogen-bond acceptors (Lipinski definition) is 3. The fourth-order valence-electron chi connectivity index (χ4n) is 2.67. The maximum atomic E-state index is 11.5. The van der Waals surface area contributed by atoms with Crippen molar-refractivity contribution in [1.29, 1.82) is 0 Å². The molecule has 1 aliphatic rings. The molecule has 2 atom stereocenters. The summed E-state index contributed by atoms with van der Waals surface area (Å²) in [6, 6.07) is 10.0. The molecule has 1 amide bonds. The number of carboxylic acid groups (broad SMARTS) is 1. The predicted octanol–water partition coefficient (Wildman–Crippen LogP) is 3.10. The monoisotopic (exact) mass is 293 g/mol. The average Bonchev–Trinajstić information content (AvgIpc) is 2.68. The molecule has 21 heavy (non-hydrogen) atoms. The second-order valence-corrected chi connectivity index (χ2v) is 5.80. The van der Waals surface area contributed by atoms with Gasteiger partial charge in [-0.3, -0.25) is 4.90 Å². The Morgan fingerprint density at radius 1 is 1.29 bits per heavy atom. The molecule has 0 radical (unpaired) electrons. The fourth-order valence-corrected chi connectivity index (χ4v) is 2.67. The third-order valence-electron chi connectivity index (χ3n) is 3.54. The number of hydrogen-bond donors (Lipinski definition) is 1. The van der Waals surface area contributed by atoms with Crippen LogP contribution in [0.1, 0.15) is 32.8 Å². The van der Waals surface area contributed by atoms with Gasteiger partial charge in [-0.2, -0.15) is 0 Å². The fraction of sp³-hybridized carbons (Fsp3) is 0.562. The van der Waals surface area contributed by atoms with Crippen molar-refractivity contribution in [3.8, 4) is 0 Å². The Morgan fingerprint density at radius 3 is 2.48 bits per heavy atom. The first-order chi connectivity index (χ1) is 9.89. The number of rotatable bonds is 5. The molecule has 5 heteroatoms. The van der Waals surface area contributed by atoms with Gasteiger partial charge in [0.1, 0.15) is 6.10 Å². The number of ether oxygens (including phenoxy) is 2. The molecule has 0 spiro atoms. The third-order valence-corrected chi connectivity index (χ3v) is 3.54. The van der Waals surface area contributed by atoms with Crippen LogP contribution in [-0.2, 0) is 15.9 Å². The van der Waals surface area contributed by atoms with E-state index >= 15 is 0 Å². The van der Waals surface area contributed by atoms with Gasteiger partial charge in [0.2, 0.25) is 0 Å². The molecule has 5 nitrogen and oxygen atoms in total. The van der Waals surface area contributed by atoms with Crippen molar-refractivity contribution < 1.29 is 19.4 Å². The van der Waals surface area contributed by atoms with Gasteiger partial charge < -0.3 is 14.6 Å². The molecule has 0 saturated carbocycles. The molecular formula is C16H23NO4. The van der Waals surface area contributed by atoms with E-state index < -0.39 is 18.1 Å². The molecule has 0 aliphatic carbocycles. The Labute approximate surface area is 125 Å². The SMILES string of the molecule is C[C@@H]1OC(C)(C)O[C@@H]1N(CCCc1ccccc1)C(=O)O. The van der Waals surface area contributed by atoms with Crippen molar-refractivity contribution >= 4 is 6.09 Å². The normalized spacial score (nSPS) is 24.0. The predicted molar refractivity (Wildman–Crippen MR) is 79.0 cm³/mol.